The van der Waals surface area contributed by atoms with Crippen molar-refractivity contribution in [1.82, 2.24) is 4.98 Å². The van der Waals surface area contributed by atoms with E-state index in [1.165, 1.54) is 12.1 Å². The number of aromatic nitrogens is 1. The van der Waals surface area contributed by atoms with Crippen molar-refractivity contribution in [3.05, 3.63) is 89.0 Å². The summed E-state index contributed by atoms with van der Waals surface area (Å²) < 4.78 is 85.3. The van der Waals surface area contributed by atoms with Crippen LogP contribution in [0.1, 0.15) is 22.3 Å². The molecule has 0 aliphatic rings. The van der Waals surface area contributed by atoms with E-state index in [2.05, 4.69) is 4.98 Å². The molecule has 4 aromatic rings. The molecular weight excluding hydrogens is 420 g/mol. The summed E-state index contributed by atoms with van der Waals surface area (Å²) in [6.45, 7) is 0. The second-order valence-electron chi connectivity index (χ2n) is 7.03. The summed E-state index contributed by atoms with van der Waals surface area (Å²) in [5.41, 5.74) is -1.09. The zero-order chi connectivity index (χ0) is 22.2. The minimum Gasteiger partial charge on any atom is -0.435 e. The molecule has 160 valence electrons. The second kappa shape index (κ2) is 7.76. The number of hydrogen-bond acceptors (Lipinski definition) is 2. The highest BCUT2D eigenvalue weighted by Crippen LogP contribution is 2.40. The first-order valence-electron chi connectivity index (χ1n) is 9.34. The zero-order valence-corrected chi connectivity index (χ0v) is 15.9. The molecule has 8 heteroatoms. The zero-order valence-electron chi connectivity index (χ0n) is 15.9. The summed E-state index contributed by atoms with van der Waals surface area (Å²) in [4.78, 5) is 4.06. The van der Waals surface area contributed by atoms with Crippen molar-refractivity contribution < 1.29 is 30.8 Å². The van der Waals surface area contributed by atoms with E-state index < -0.39 is 29.1 Å². The van der Waals surface area contributed by atoms with Gasteiger partial charge in [0.05, 0.1) is 5.56 Å². The lowest BCUT2D eigenvalue weighted by Crippen LogP contribution is -2.10. The van der Waals surface area contributed by atoms with Crippen LogP contribution in [0, 0.1) is 0 Å². The van der Waals surface area contributed by atoms with Crippen LogP contribution in [-0.2, 0) is 25.2 Å². The van der Waals surface area contributed by atoms with Crippen LogP contribution in [-0.4, -0.2) is 4.98 Å². The lowest BCUT2D eigenvalue weighted by molar-refractivity contribution is -0.138. The van der Waals surface area contributed by atoms with E-state index >= 15 is 0 Å². The first-order valence-corrected chi connectivity index (χ1v) is 9.34. The predicted octanol–water partition coefficient (Wildman–Crippen LogP) is 7.32. The first-order chi connectivity index (χ1) is 14.6. The van der Waals surface area contributed by atoms with Gasteiger partial charge in [-0.05, 0) is 54.3 Å². The van der Waals surface area contributed by atoms with E-state index in [0.717, 1.165) is 29.8 Å². The van der Waals surface area contributed by atoms with Crippen LogP contribution < -0.4 is 0 Å². The minimum atomic E-state index is -4.68. The van der Waals surface area contributed by atoms with Gasteiger partial charge in [0.15, 0.2) is 5.58 Å². The lowest BCUT2D eigenvalue weighted by atomic mass is 9.98. The van der Waals surface area contributed by atoms with Crippen LogP contribution in [0.25, 0.3) is 22.6 Å². The number of alkyl halides is 6. The average Bonchev–Trinajstić information content (AvgIpc) is 3.15. The molecule has 0 aliphatic heterocycles. The Hall–Kier alpha value is -3.29. The number of hydrogen-bond donors (Lipinski definition) is 0. The molecule has 0 fully saturated rings. The highest BCUT2D eigenvalue weighted by atomic mass is 19.4. The normalized spacial score (nSPS) is 12.5. The number of benzene rings is 3. The molecule has 0 amide bonds. The van der Waals surface area contributed by atoms with Crippen LogP contribution in [0.2, 0.25) is 0 Å². The van der Waals surface area contributed by atoms with Gasteiger partial charge >= 0.3 is 12.4 Å². The van der Waals surface area contributed by atoms with Crippen molar-refractivity contribution in [3.63, 3.8) is 0 Å². The van der Waals surface area contributed by atoms with Crippen molar-refractivity contribution in [2.75, 3.05) is 0 Å². The molecule has 0 spiro atoms. The minimum absolute atomic E-state index is 0.00863. The summed E-state index contributed by atoms with van der Waals surface area (Å²) in [5.74, 6) is -0.172. The molecule has 0 atom stereocenters. The van der Waals surface area contributed by atoms with Gasteiger partial charge in [-0.25, -0.2) is 4.98 Å². The standard InChI is InChI=1S/C23H15F6NO/c24-22(25,26)17-11-8-16(9-12-17)21-30-18-13-10-15(7-6-14-4-2-1-3-5-14)19(20(18)31-21)23(27,28)29/h1-5,8-13H,6-7H2. The van der Waals surface area contributed by atoms with Gasteiger partial charge in [-0.1, -0.05) is 36.4 Å². The number of oxazole rings is 1. The Labute approximate surface area is 173 Å². The van der Waals surface area contributed by atoms with Crippen molar-refractivity contribution >= 4 is 11.1 Å². The van der Waals surface area contributed by atoms with E-state index in [1.54, 1.807) is 0 Å². The maximum Gasteiger partial charge on any atom is 0.420 e. The van der Waals surface area contributed by atoms with Gasteiger partial charge in [0.1, 0.15) is 11.1 Å². The summed E-state index contributed by atoms with van der Waals surface area (Å²) >= 11 is 0. The number of fused-ring (bicyclic) bond motifs is 1. The maximum atomic E-state index is 13.9. The van der Waals surface area contributed by atoms with Crippen LogP contribution in [0.15, 0.2) is 71.1 Å². The van der Waals surface area contributed by atoms with Crippen LogP contribution >= 0.6 is 0 Å². The van der Waals surface area contributed by atoms with Crippen molar-refractivity contribution in [3.8, 4) is 11.5 Å². The molecular formula is C23H15F6NO. The topological polar surface area (TPSA) is 26.0 Å². The Bertz CT molecular complexity index is 1190. The molecule has 0 bridgehead atoms. The second-order valence-corrected chi connectivity index (χ2v) is 7.03. The third-order valence-electron chi connectivity index (χ3n) is 4.91. The smallest absolute Gasteiger partial charge is 0.420 e. The van der Waals surface area contributed by atoms with E-state index in [-0.39, 0.29) is 29.0 Å². The van der Waals surface area contributed by atoms with Crippen molar-refractivity contribution in [1.29, 1.82) is 0 Å². The van der Waals surface area contributed by atoms with Crippen LogP contribution in [0.4, 0.5) is 26.3 Å². The molecule has 0 saturated carbocycles. The summed E-state index contributed by atoms with van der Waals surface area (Å²) in [5, 5.41) is 0. The number of halogens is 6. The van der Waals surface area contributed by atoms with Gasteiger partial charge in [-0.2, -0.15) is 26.3 Å². The monoisotopic (exact) mass is 435 g/mol. The van der Waals surface area contributed by atoms with Gasteiger partial charge in [-0.15, -0.1) is 0 Å². The van der Waals surface area contributed by atoms with Crippen molar-refractivity contribution in [2.24, 2.45) is 0 Å². The molecule has 3 aromatic carbocycles. The lowest BCUT2D eigenvalue weighted by Gasteiger charge is -2.13. The Kier molecular flexibility index (Phi) is 5.24. The molecule has 2 nitrogen and oxygen atoms in total. The fraction of sp³-hybridized carbons (Fsp3) is 0.174. The molecule has 0 N–H and O–H groups in total. The Morgan fingerprint density at radius 3 is 2.00 bits per heavy atom. The molecule has 0 radical (unpaired) electrons. The third kappa shape index (κ3) is 4.42. The van der Waals surface area contributed by atoms with Crippen molar-refractivity contribution in [2.45, 2.75) is 25.2 Å². The Morgan fingerprint density at radius 1 is 0.710 bits per heavy atom. The summed E-state index contributed by atoms with van der Waals surface area (Å²) in [7, 11) is 0. The quantitative estimate of drug-likeness (QED) is 0.314. The summed E-state index contributed by atoms with van der Waals surface area (Å²) in [6.07, 6.45) is -8.64. The molecule has 0 saturated heterocycles. The Morgan fingerprint density at radius 2 is 1.39 bits per heavy atom. The van der Waals surface area contributed by atoms with E-state index in [1.807, 2.05) is 30.3 Å². The number of rotatable bonds is 4. The largest absolute Gasteiger partial charge is 0.435 e. The molecule has 1 heterocycles. The number of aryl methyl sites for hydroxylation is 2. The fourth-order valence-corrected chi connectivity index (χ4v) is 3.40. The average molecular weight is 435 g/mol. The predicted molar refractivity (Wildman–Crippen MR) is 103 cm³/mol. The Balaban J connectivity index is 1.73. The highest BCUT2D eigenvalue weighted by molar-refractivity contribution is 5.81. The van der Waals surface area contributed by atoms with Crippen LogP contribution in [0.3, 0.4) is 0 Å². The molecule has 0 unspecified atom stereocenters. The summed E-state index contributed by atoms with van der Waals surface area (Å²) in [6, 6.07) is 15.8. The molecule has 4 rings (SSSR count). The van der Waals surface area contributed by atoms with Gasteiger partial charge in [0.2, 0.25) is 5.89 Å². The fourth-order valence-electron chi connectivity index (χ4n) is 3.40. The maximum absolute atomic E-state index is 13.9. The number of nitrogens with zero attached hydrogens (tertiary/aromatic N) is 1. The van der Waals surface area contributed by atoms with E-state index in [9.17, 15) is 26.3 Å². The van der Waals surface area contributed by atoms with Gasteiger partial charge in [0.25, 0.3) is 0 Å². The SMILES string of the molecule is FC(F)(F)c1ccc(-c2nc3ccc(CCc4ccccc4)c(C(F)(F)F)c3o2)cc1. The van der Waals surface area contributed by atoms with Gasteiger partial charge in [0, 0.05) is 5.56 Å². The molecule has 1 aromatic heterocycles. The van der Waals surface area contributed by atoms with Gasteiger partial charge in [-0.3, -0.25) is 0 Å². The van der Waals surface area contributed by atoms with Gasteiger partial charge < -0.3 is 4.42 Å². The first kappa shape index (κ1) is 21.0. The van der Waals surface area contributed by atoms with Crippen LogP contribution in [0.5, 0.6) is 0 Å². The molecule has 0 aliphatic carbocycles. The molecule has 31 heavy (non-hydrogen) atoms. The highest BCUT2D eigenvalue weighted by Gasteiger charge is 2.37. The van der Waals surface area contributed by atoms with E-state index in [0.29, 0.717) is 6.42 Å². The third-order valence-corrected chi connectivity index (χ3v) is 4.91. The van der Waals surface area contributed by atoms with E-state index in [4.69, 9.17) is 4.42 Å².